The predicted molar refractivity (Wildman–Crippen MR) is 115 cm³/mol. The number of nitrogens with one attached hydrogen (secondary N) is 1. The van der Waals surface area contributed by atoms with Gasteiger partial charge in [0.15, 0.2) is 0 Å². The first-order chi connectivity index (χ1) is 12.7. The summed E-state index contributed by atoms with van der Waals surface area (Å²) in [5.74, 6) is 0.590. The summed E-state index contributed by atoms with van der Waals surface area (Å²) in [7, 11) is 1.63. The Kier molecular flexibility index (Phi) is 6.58. The predicted octanol–water partition coefficient (Wildman–Crippen LogP) is 4.76. The first-order valence-corrected chi connectivity index (χ1v) is 9.52. The van der Waals surface area contributed by atoms with E-state index >= 15 is 0 Å². The van der Waals surface area contributed by atoms with E-state index in [0.29, 0.717) is 10.9 Å². The zero-order valence-electron chi connectivity index (χ0n) is 15.4. The molecule has 0 amide bonds. The number of fused-ring (bicyclic) bond motifs is 2. The average molecular weight is 407 g/mol. The van der Waals surface area contributed by atoms with Crippen LogP contribution in [0.25, 0.3) is 21.9 Å². The van der Waals surface area contributed by atoms with E-state index in [0.717, 1.165) is 47.1 Å². The summed E-state index contributed by atoms with van der Waals surface area (Å²) in [6.07, 6.45) is 3.76. The minimum absolute atomic E-state index is 0. The maximum atomic E-state index is 6.17. The van der Waals surface area contributed by atoms with E-state index in [1.54, 1.807) is 7.11 Å². The van der Waals surface area contributed by atoms with Crippen LogP contribution in [0.2, 0.25) is 5.02 Å². The molecule has 0 spiro atoms. The van der Waals surface area contributed by atoms with Crippen molar-refractivity contribution in [3.63, 3.8) is 0 Å². The second kappa shape index (κ2) is 8.91. The molecule has 0 bridgehead atoms. The van der Waals surface area contributed by atoms with E-state index in [1.807, 2.05) is 30.3 Å². The van der Waals surface area contributed by atoms with Gasteiger partial charge in [0.2, 0.25) is 5.88 Å². The number of pyridine rings is 2. The number of hydrogen-bond donors (Lipinski definition) is 1. The van der Waals surface area contributed by atoms with Crippen LogP contribution in [0.15, 0.2) is 30.3 Å². The zero-order valence-corrected chi connectivity index (χ0v) is 16.9. The van der Waals surface area contributed by atoms with Gasteiger partial charge in [0.05, 0.1) is 23.8 Å². The maximum Gasteiger partial charge on any atom is 0.213 e. The Morgan fingerprint density at radius 1 is 1.11 bits per heavy atom. The molecule has 1 aliphatic rings. The number of anilines is 1. The van der Waals surface area contributed by atoms with Crippen molar-refractivity contribution < 1.29 is 4.74 Å². The number of benzene rings is 1. The summed E-state index contributed by atoms with van der Waals surface area (Å²) in [6.45, 7) is 4.50. The Balaban J connectivity index is 0.00000210. The fourth-order valence-electron chi connectivity index (χ4n) is 3.59. The van der Waals surface area contributed by atoms with Crippen LogP contribution < -0.4 is 10.1 Å². The highest BCUT2D eigenvalue weighted by atomic mass is 35.5. The molecule has 0 radical (unpaired) electrons. The lowest BCUT2D eigenvalue weighted by Crippen LogP contribution is -2.22. The first-order valence-electron chi connectivity index (χ1n) is 9.15. The van der Waals surface area contributed by atoms with Gasteiger partial charge < -0.3 is 15.0 Å². The number of methoxy groups -OCH3 is 1. The van der Waals surface area contributed by atoms with Crippen molar-refractivity contribution in [1.82, 2.24) is 14.9 Å². The van der Waals surface area contributed by atoms with Gasteiger partial charge in [0.25, 0.3) is 0 Å². The van der Waals surface area contributed by atoms with E-state index < -0.39 is 0 Å². The van der Waals surface area contributed by atoms with Gasteiger partial charge in [-0.3, -0.25) is 0 Å². The SMILES string of the molecule is COc1ccc2nc3cc(Cl)ccc3c(NCCCN3CCCC3)c2n1.Cl. The largest absolute Gasteiger partial charge is 0.481 e. The molecule has 0 saturated carbocycles. The van der Waals surface area contributed by atoms with Crippen molar-refractivity contribution in [2.45, 2.75) is 19.3 Å². The van der Waals surface area contributed by atoms with Gasteiger partial charge in [-0.25, -0.2) is 9.97 Å². The highest BCUT2D eigenvalue weighted by Gasteiger charge is 2.13. The Morgan fingerprint density at radius 2 is 1.93 bits per heavy atom. The van der Waals surface area contributed by atoms with E-state index in [2.05, 4.69) is 15.2 Å². The van der Waals surface area contributed by atoms with Crippen LogP contribution in [0, 0.1) is 0 Å². The van der Waals surface area contributed by atoms with Gasteiger partial charge in [-0.1, -0.05) is 11.6 Å². The molecule has 0 unspecified atom stereocenters. The standard InChI is InChI=1S/C20H23ClN4O.ClH/c1-26-18-8-7-16-20(24-18)19(15-6-5-14(21)13-17(15)23-16)22-9-4-12-25-10-2-3-11-25;/h5-8,13H,2-4,9-12H2,1H3,(H,22,23);1H. The molecule has 2 aromatic heterocycles. The van der Waals surface area contributed by atoms with Crippen LogP contribution in [-0.2, 0) is 0 Å². The van der Waals surface area contributed by atoms with E-state index in [1.165, 1.54) is 25.9 Å². The fraction of sp³-hybridized carbons (Fsp3) is 0.400. The molecule has 1 saturated heterocycles. The summed E-state index contributed by atoms with van der Waals surface area (Å²) in [4.78, 5) is 11.9. The smallest absolute Gasteiger partial charge is 0.213 e. The normalized spacial score (nSPS) is 14.4. The molecule has 1 fully saturated rings. The quantitative estimate of drug-likeness (QED) is 0.472. The molecular weight excluding hydrogens is 383 g/mol. The maximum absolute atomic E-state index is 6.17. The number of nitrogens with zero attached hydrogens (tertiary/aromatic N) is 3. The lowest BCUT2D eigenvalue weighted by atomic mass is 10.1. The topological polar surface area (TPSA) is 50.3 Å². The van der Waals surface area contributed by atoms with Crippen molar-refractivity contribution in [3.05, 3.63) is 35.4 Å². The lowest BCUT2D eigenvalue weighted by Gasteiger charge is -2.16. The molecule has 7 heteroatoms. The van der Waals surface area contributed by atoms with Crippen molar-refractivity contribution in [2.75, 3.05) is 38.6 Å². The molecule has 4 rings (SSSR count). The van der Waals surface area contributed by atoms with Crippen molar-refractivity contribution in [3.8, 4) is 5.88 Å². The van der Waals surface area contributed by atoms with Gasteiger partial charge >= 0.3 is 0 Å². The monoisotopic (exact) mass is 406 g/mol. The molecule has 3 aromatic rings. The molecular formula is C20H24Cl2N4O. The molecule has 1 aliphatic heterocycles. The van der Waals surface area contributed by atoms with Gasteiger partial charge in [-0.15, -0.1) is 12.4 Å². The molecule has 1 N–H and O–H groups in total. The summed E-state index contributed by atoms with van der Waals surface area (Å²) in [5, 5.41) is 5.31. The third kappa shape index (κ3) is 4.37. The zero-order chi connectivity index (χ0) is 17.9. The van der Waals surface area contributed by atoms with Gasteiger partial charge in [0, 0.05) is 23.0 Å². The molecule has 27 heavy (non-hydrogen) atoms. The Labute approximate surface area is 170 Å². The second-order valence-corrected chi connectivity index (χ2v) is 7.14. The minimum Gasteiger partial charge on any atom is -0.481 e. The minimum atomic E-state index is 0. The Bertz CT molecular complexity index is 929. The summed E-state index contributed by atoms with van der Waals surface area (Å²) >= 11 is 6.17. The van der Waals surface area contributed by atoms with Crippen molar-refractivity contribution >= 4 is 51.6 Å². The highest BCUT2D eigenvalue weighted by molar-refractivity contribution is 6.31. The van der Waals surface area contributed by atoms with Gasteiger partial charge in [0.1, 0.15) is 5.52 Å². The van der Waals surface area contributed by atoms with Crippen LogP contribution in [0.1, 0.15) is 19.3 Å². The molecule has 1 aromatic carbocycles. The molecule has 144 valence electrons. The Hall–Kier alpha value is -1.82. The lowest BCUT2D eigenvalue weighted by molar-refractivity contribution is 0.337. The number of ether oxygens (including phenoxy) is 1. The third-order valence-electron chi connectivity index (χ3n) is 4.92. The number of aromatic nitrogens is 2. The van der Waals surface area contributed by atoms with E-state index in [-0.39, 0.29) is 12.4 Å². The van der Waals surface area contributed by atoms with Crippen LogP contribution in [-0.4, -0.2) is 48.2 Å². The van der Waals surface area contributed by atoms with Crippen LogP contribution in [0.3, 0.4) is 0 Å². The molecule has 5 nitrogen and oxygen atoms in total. The number of halogens is 2. The summed E-state index contributed by atoms with van der Waals surface area (Å²) < 4.78 is 5.31. The Morgan fingerprint density at radius 3 is 2.70 bits per heavy atom. The van der Waals surface area contributed by atoms with Crippen molar-refractivity contribution in [2.24, 2.45) is 0 Å². The number of rotatable bonds is 6. The van der Waals surface area contributed by atoms with Gasteiger partial charge in [-0.05, 0) is 63.2 Å². The fourth-order valence-corrected chi connectivity index (χ4v) is 3.76. The van der Waals surface area contributed by atoms with Crippen LogP contribution in [0.4, 0.5) is 5.69 Å². The molecule has 0 atom stereocenters. The van der Waals surface area contributed by atoms with Gasteiger partial charge in [-0.2, -0.15) is 0 Å². The summed E-state index contributed by atoms with van der Waals surface area (Å²) in [6, 6.07) is 9.58. The first kappa shape index (κ1) is 19.9. The molecule has 0 aliphatic carbocycles. The van der Waals surface area contributed by atoms with Crippen LogP contribution >= 0.6 is 24.0 Å². The average Bonchev–Trinajstić information content (AvgIpc) is 3.17. The van der Waals surface area contributed by atoms with E-state index in [4.69, 9.17) is 21.3 Å². The van der Waals surface area contributed by atoms with Crippen molar-refractivity contribution in [1.29, 1.82) is 0 Å². The number of hydrogen-bond acceptors (Lipinski definition) is 5. The molecule has 3 heterocycles. The summed E-state index contributed by atoms with van der Waals surface area (Å²) in [5.41, 5.74) is 3.55. The highest BCUT2D eigenvalue weighted by Crippen LogP contribution is 2.32. The number of likely N-dealkylation sites (tertiary alicyclic amines) is 1. The van der Waals surface area contributed by atoms with E-state index in [9.17, 15) is 0 Å². The third-order valence-corrected chi connectivity index (χ3v) is 5.15. The van der Waals surface area contributed by atoms with Crippen LogP contribution in [0.5, 0.6) is 5.88 Å². The second-order valence-electron chi connectivity index (χ2n) is 6.70.